The zero-order chi connectivity index (χ0) is 13.2. The zero-order valence-corrected chi connectivity index (χ0v) is 12.4. The van der Waals surface area contributed by atoms with Crippen molar-refractivity contribution in [1.82, 2.24) is 0 Å². The molecule has 0 fully saturated rings. The molecule has 0 saturated carbocycles. The molecule has 1 aromatic heterocycles. The van der Waals surface area contributed by atoms with E-state index in [1.807, 2.05) is 6.92 Å². The van der Waals surface area contributed by atoms with Crippen LogP contribution in [0.1, 0.15) is 75.4 Å². The normalized spacial score (nSPS) is 10.8. The van der Waals surface area contributed by atoms with E-state index in [2.05, 4.69) is 26.0 Å². The first-order chi connectivity index (χ1) is 8.72. The topological polar surface area (TPSA) is 11.3 Å². The molecule has 0 unspecified atom stereocenters. The lowest BCUT2D eigenvalue weighted by atomic mass is 10.1. The third-order valence-electron chi connectivity index (χ3n) is 3.39. The molecule has 0 N–H and O–H groups in total. The fourth-order valence-electron chi connectivity index (χ4n) is 2.44. The maximum absolute atomic E-state index is 5.72. The predicted molar refractivity (Wildman–Crippen MR) is 78.9 cm³/mol. The smallest absolute Gasteiger partial charge is 0.218 e. The minimum Gasteiger partial charge on any atom is -0.218 e. The highest BCUT2D eigenvalue weighted by Gasteiger charge is 2.10. The van der Waals surface area contributed by atoms with Gasteiger partial charge in [-0.05, 0) is 18.9 Å². The Bertz CT molecular complexity index is 310. The quantitative estimate of drug-likeness (QED) is 0.394. The summed E-state index contributed by atoms with van der Waals surface area (Å²) in [6.07, 6.45) is 12.1. The van der Waals surface area contributed by atoms with Gasteiger partial charge in [0, 0.05) is 12.1 Å². The molecule has 1 aromatic rings. The molecule has 0 amide bonds. The fourth-order valence-corrected chi connectivity index (χ4v) is 2.44. The molecule has 0 saturated heterocycles. The van der Waals surface area contributed by atoms with E-state index in [0.717, 1.165) is 17.9 Å². The number of rotatable bonds is 9. The first-order valence-electron chi connectivity index (χ1n) is 7.62. The SMILES string of the molecule is CCCCCCCCCCc1cc(C)cc(C)[o+]1. The van der Waals surface area contributed by atoms with Gasteiger partial charge in [0.1, 0.15) is 0 Å². The van der Waals surface area contributed by atoms with Gasteiger partial charge >= 0.3 is 11.5 Å². The van der Waals surface area contributed by atoms with Crippen LogP contribution in [0.3, 0.4) is 0 Å². The van der Waals surface area contributed by atoms with Crippen LogP contribution in [0, 0.1) is 13.8 Å². The Morgan fingerprint density at radius 3 is 2.06 bits per heavy atom. The summed E-state index contributed by atoms with van der Waals surface area (Å²) in [6, 6.07) is 4.27. The van der Waals surface area contributed by atoms with Crippen LogP contribution in [0.25, 0.3) is 0 Å². The Labute approximate surface area is 113 Å². The van der Waals surface area contributed by atoms with E-state index in [1.165, 1.54) is 56.9 Å². The summed E-state index contributed by atoms with van der Waals surface area (Å²) >= 11 is 0. The molecule has 0 aromatic carbocycles. The molecule has 1 nitrogen and oxygen atoms in total. The molecule has 0 bridgehead atoms. The molecule has 18 heavy (non-hydrogen) atoms. The molecule has 0 radical (unpaired) electrons. The van der Waals surface area contributed by atoms with E-state index in [9.17, 15) is 0 Å². The van der Waals surface area contributed by atoms with Crippen molar-refractivity contribution >= 4 is 0 Å². The second-order valence-electron chi connectivity index (χ2n) is 5.44. The van der Waals surface area contributed by atoms with Crippen LogP contribution >= 0.6 is 0 Å². The second kappa shape index (κ2) is 9.13. The molecule has 0 aliphatic rings. The van der Waals surface area contributed by atoms with E-state index in [-0.39, 0.29) is 0 Å². The number of unbranched alkanes of at least 4 members (excludes halogenated alkanes) is 7. The van der Waals surface area contributed by atoms with Crippen LogP contribution in [-0.2, 0) is 6.42 Å². The van der Waals surface area contributed by atoms with Gasteiger partial charge in [0.05, 0.1) is 13.3 Å². The summed E-state index contributed by atoms with van der Waals surface area (Å²) in [5.41, 5.74) is 1.31. The lowest BCUT2D eigenvalue weighted by Crippen LogP contribution is -1.89. The highest BCUT2D eigenvalue weighted by atomic mass is 16.3. The fraction of sp³-hybridized carbons (Fsp3) is 0.706. The summed E-state index contributed by atoms with van der Waals surface area (Å²) in [4.78, 5) is 0. The van der Waals surface area contributed by atoms with Gasteiger partial charge in [-0.3, -0.25) is 0 Å². The Morgan fingerprint density at radius 1 is 0.833 bits per heavy atom. The standard InChI is InChI=1S/C17H29O/c1-4-5-6-7-8-9-10-11-12-17-14-15(2)13-16(3)18-17/h13-14H,4-12H2,1-3H3/q+1. The molecule has 0 aliphatic heterocycles. The van der Waals surface area contributed by atoms with Crippen LogP contribution in [0.5, 0.6) is 0 Å². The molecular weight excluding hydrogens is 220 g/mol. The van der Waals surface area contributed by atoms with Crippen molar-refractivity contribution in [3.05, 3.63) is 29.2 Å². The summed E-state index contributed by atoms with van der Waals surface area (Å²) in [6.45, 7) is 6.44. The summed E-state index contributed by atoms with van der Waals surface area (Å²) < 4.78 is 5.72. The van der Waals surface area contributed by atoms with Crippen LogP contribution < -0.4 is 0 Å². The molecular formula is C17H29O+. The Hall–Kier alpha value is -0.850. The largest absolute Gasteiger partial charge is 0.329 e. The number of hydrogen-bond acceptors (Lipinski definition) is 0. The maximum Gasteiger partial charge on any atom is 0.329 e. The average Bonchev–Trinajstić information content (AvgIpc) is 2.31. The van der Waals surface area contributed by atoms with E-state index < -0.39 is 0 Å². The molecule has 0 atom stereocenters. The van der Waals surface area contributed by atoms with Crippen molar-refractivity contribution in [1.29, 1.82) is 0 Å². The van der Waals surface area contributed by atoms with Crippen LogP contribution in [0.2, 0.25) is 0 Å². The van der Waals surface area contributed by atoms with Gasteiger partial charge in [-0.15, -0.1) is 0 Å². The lowest BCUT2D eigenvalue weighted by molar-refractivity contribution is 0.452. The van der Waals surface area contributed by atoms with E-state index >= 15 is 0 Å². The third kappa shape index (κ3) is 6.78. The van der Waals surface area contributed by atoms with Crippen LogP contribution in [0.15, 0.2) is 16.5 Å². The summed E-state index contributed by atoms with van der Waals surface area (Å²) in [5.74, 6) is 2.18. The molecule has 1 heterocycles. The van der Waals surface area contributed by atoms with Crippen molar-refractivity contribution in [3.63, 3.8) is 0 Å². The van der Waals surface area contributed by atoms with E-state index in [0.29, 0.717) is 0 Å². The first kappa shape index (κ1) is 15.2. The van der Waals surface area contributed by atoms with Crippen molar-refractivity contribution in [3.8, 4) is 0 Å². The number of hydrogen-bond donors (Lipinski definition) is 0. The summed E-state index contributed by atoms with van der Waals surface area (Å²) in [7, 11) is 0. The van der Waals surface area contributed by atoms with Gasteiger partial charge < -0.3 is 0 Å². The highest BCUT2D eigenvalue weighted by molar-refractivity contribution is 5.15. The van der Waals surface area contributed by atoms with Crippen LogP contribution in [-0.4, -0.2) is 0 Å². The van der Waals surface area contributed by atoms with Gasteiger partial charge in [0.2, 0.25) is 0 Å². The number of aryl methyl sites for hydroxylation is 3. The van der Waals surface area contributed by atoms with Gasteiger partial charge in [0.15, 0.2) is 0 Å². The highest BCUT2D eigenvalue weighted by Crippen LogP contribution is 2.14. The second-order valence-corrected chi connectivity index (χ2v) is 5.44. The molecule has 1 heteroatoms. The summed E-state index contributed by atoms with van der Waals surface area (Å²) in [5, 5.41) is 0. The third-order valence-corrected chi connectivity index (χ3v) is 3.39. The van der Waals surface area contributed by atoms with Crippen LogP contribution in [0.4, 0.5) is 0 Å². The van der Waals surface area contributed by atoms with E-state index in [4.69, 9.17) is 4.42 Å². The molecule has 0 aliphatic carbocycles. The Morgan fingerprint density at radius 2 is 1.44 bits per heavy atom. The zero-order valence-electron chi connectivity index (χ0n) is 12.4. The van der Waals surface area contributed by atoms with Crippen molar-refractivity contribution in [2.75, 3.05) is 0 Å². The van der Waals surface area contributed by atoms with Gasteiger partial charge in [0.25, 0.3) is 0 Å². The Balaban J connectivity index is 2.07. The Kier molecular flexibility index (Phi) is 7.71. The molecule has 1 rings (SSSR count). The van der Waals surface area contributed by atoms with Gasteiger partial charge in [-0.2, -0.15) is 0 Å². The van der Waals surface area contributed by atoms with E-state index in [1.54, 1.807) is 0 Å². The minimum absolute atomic E-state index is 1.03. The first-order valence-corrected chi connectivity index (χ1v) is 7.62. The van der Waals surface area contributed by atoms with Gasteiger partial charge in [-0.25, -0.2) is 4.42 Å². The monoisotopic (exact) mass is 249 g/mol. The predicted octanol–water partition coefficient (Wildman–Crippen LogP) is 5.86. The maximum atomic E-state index is 5.72. The van der Waals surface area contributed by atoms with Crippen molar-refractivity contribution in [2.24, 2.45) is 0 Å². The minimum atomic E-state index is 1.03. The average molecular weight is 249 g/mol. The van der Waals surface area contributed by atoms with Crippen molar-refractivity contribution < 1.29 is 4.42 Å². The molecule has 102 valence electrons. The van der Waals surface area contributed by atoms with Gasteiger partial charge in [-0.1, -0.05) is 51.9 Å². The molecule has 0 spiro atoms. The van der Waals surface area contributed by atoms with Crippen molar-refractivity contribution in [2.45, 2.75) is 78.6 Å². The lowest BCUT2D eigenvalue weighted by Gasteiger charge is -1.99.